The van der Waals surface area contributed by atoms with Gasteiger partial charge in [-0.25, -0.2) is 0 Å². The van der Waals surface area contributed by atoms with Gasteiger partial charge >= 0.3 is 11.9 Å². The summed E-state index contributed by atoms with van der Waals surface area (Å²) >= 11 is 0. The fraction of sp³-hybridized carbons (Fsp3) is 0.961. The fourth-order valence-corrected chi connectivity index (χ4v) is 10.4. The number of carbonyl (C=O) groups excluding carboxylic acids is 2. The Labute approximate surface area is 362 Å². The molecule has 1 aliphatic carbocycles. The third-order valence-electron chi connectivity index (χ3n) is 14.6. The van der Waals surface area contributed by atoms with Crippen molar-refractivity contribution in [2.45, 2.75) is 271 Å². The van der Waals surface area contributed by atoms with Gasteiger partial charge in [-0.05, 0) is 107 Å². The molecule has 6 nitrogen and oxygen atoms in total. The number of piperidine rings is 1. The van der Waals surface area contributed by atoms with E-state index in [1.54, 1.807) is 0 Å². The van der Waals surface area contributed by atoms with Crippen LogP contribution < -0.4 is 0 Å². The van der Waals surface area contributed by atoms with Crippen molar-refractivity contribution in [3.63, 3.8) is 0 Å². The van der Waals surface area contributed by atoms with Gasteiger partial charge in [0.2, 0.25) is 0 Å². The Morgan fingerprint density at radius 2 is 0.931 bits per heavy atom. The molecular formula is C51H99NO5Si. The van der Waals surface area contributed by atoms with Gasteiger partial charge in [-0.1, -0.05) is 177 Å². The maximum atomic E-state index is 14.2. The fourth-order valence-electron chi connectivity index (χ4n) is 9.30. The van der Waals surface area contributed by atoms with E-state index in [2.05, 4.69) is 66.5 Å². The Bertz CT molecular complexity index is 966. The van der Waals surface area contributed by atoms with E-state index in [9.17, 15) is 9.59 Å². The summed E-state index contributed by atoms with van der Waals surface area (Å²) in [6, 6.07) is 0. The monoisotopic (exact) mass is 834 g/mol. The maximum Gasteiger partial charge on any atom is 0.309 e. The lowest BCUT2D eigenvalue weighted by Crippen LogP contribution is -2.41. The summed E-state index contributed by atoms with van der Waals surface area (Å²) in [6.45, 7) is 24.8. The van der Waals surface area contributed by atoms with E-state index in [4.69, 9.17) is 13.9 Å². The zero-order valence-electron chi connectivity index (χ0n) is 40.3. The van der Waals surface area contributed by atoms with E-state index >= 15 is 0 Å². The van der Waals surface area contributed by atoms with Crippen LogP contribution in [0, 0.1) is 17.3 Å². The van der Waals surface area contributed by atoms with Crippen molar-refractivity contribution in [1.29, 1.82) is 0 Å². The van der Waals surface area contributed by atoms with Crippen molar-refractivity contribution < 1.29 is 23.5 Å². The lowest BCUT2D eigenvalue weighted by Gasteiger charge is -2.39. The van der Waals surface area contributed by atoms with Gasteiger partial charge in [0.25, 0.3) is 0 Å². The van der Waals surface area contributed by atoms with E-state index in [1.807, 2.05) is 0 Å². The van der Waals surface area contributed by atoms with Gasteiger partial charge in [-0.2, -0.15) is 0 Å². The van der Waals surface area contributed by atoms with Crippen molar-refractivity contribution in [1.82, 2.24) is 4.90 Å². The minimum absolute atomic E-state index is 0.0187. The number of likely N-dealkylation sites (tertiary alicyclic amines) is 1. The molecule has 0 N–H and O–H groups in total. The number of rotatable bonds is 34. The number of esters is 2. The quantitative estimate of drug-likeness (QED) is 0.0365. The molecule has 0 aromatic carbocycles. The Balaban J connectivity index is 2.15. The summed E-state index contributed by atoms with van der Waals surface area (Å²) in [5.74, 6) is -0.125. The molecule has 2 aliphatic rings. The third-order valence-corrected chi connectivity index (χ3v) is 19.1. The summed E-state index contributed by atoms with van der Waals surface area (Å²) in [6.07, 6.45) is 33.3. The molecule has 2 rings (SSSR count). The standard InChI is InChI=1S/C51H99NO5Si/c1-10-14-18-22-26-32-44(33-27-23-19-15-11-2)48(53)56-46-42-51(36-39-52(40-37-51)38-30-31-41-55-58(8,9)50(5,6)7)43-47(46)57-49(54)45(34-28-24-20-16-12-3)35-29-25-21-17-13-4/h44-47H,10-43H2,1-9H3/t46-,47-/m1/s1. The molecule has 0 aromatic rings. The summed E-state index contributed by atoms with van der Waals surface area (Å²) in [7, 11) is -1.70. The highest BCUT2D eigenvalue weighted by Crippen LogP contribution is 2.49. The van der Waals surface area contributed by atoms with E-state index < -0.39 is 8.32 Å². The van der Waals surface area contributed by atoms with Crippen molar-refractivity contribution in [2.75, 3.05) is 26.2 Å². The van der Waals surface area contributed by atoms with Crippen LogP contribution in [-0.2, 0) is 23.5 Å². The molecule has 1 spiro atoms. The van der Waals surface area contributed by atoms with Gasteiger partial charge < -0.3 is 18.8 Å². The molecule has 342 valence electrons. The first-order valence-electron chi connectivity index (χ1n) is 25.6. The number of hydrogen-bond acceptors (Lipinski definition) is 6. The summed E-state index contributed by atoms with van der Waals surface area (Å²) in [4.78, 5) is 31.0. The normalized spacial score (nSPS) is 18.8. The summed E-state index contributed by atoms with van der Waals surface area (Å²) in [5.41, 5.74) is 0.0729. The molecule has 0 radical (unpaired) electrons. The zero-order chi connectivity index (χ0) is 42.7. The van der Waals surface area contributed by atoms with Crippen LogP contribution in [0.25, 0.3) is 0 Å². The molecule has 0 amide bonds. The molecule has 1 aliphatic heterocycles. The minimum atomic E-state index is -1.70. The minimum Gasteiger partial charge on any atom is -0.458 e. The molecule has 1 saturated heterocycles. The Morgan fingerprint density at radius 1 is 0.569 bits per heavy atom. The highest BCUT2D eigenvalue weighted by molar-refractivity contribution is 6.74. The van der Waals surface area contributed by atoms with Crippen LogP contribution in [0.5, 0.6) is 0 Å². The highest BCUT2D eigenvalue weighted by Gasteiger charge is 2.50. The lowest BCUT2D eigenvalue weighted by molar-refractivity contribution is -0.171. The smallest absolute Gasteiger partial charge is 0.309 e. The first-order valence-corrected chi connectivity index (χ1v) is 28.5. The predicted molar refractivity (Wildman–Crippen MR) is 250 cm³/mol. The Hall–Kier alpha value is -0.923. The van der Waals surface area contributed by atoms with Gasteiger partial charge in [0.15, 0.2) is 8.32 Å². The average Bonchev–Trinajstić information content (AvgIpc) is 3.50. The van der Waals surface area contributed by atoms with Gasteiger partial charge in [0.05, 0.1) is 11.8 Å². The van der Waals surface area contributed by atoms with Crippen LogP contribution in [-0.4, -0.2) is 63.6 Å². The lowest BCUT2D eigenvalue weighted by atomic mass is 9.76. The van der Waals surface area contributed by atoms with E-state index in [1.165, 1.54) is 109 Å². The van der Waals surface area contributed by atoms with Crippen LogP contribution in [0.4, 0.5) is 0 Å². The van der Waals surface area contributed by atoms with Crippen LogP contribution in [0.3, 0.4) is 0 Å². The molecular weight excluding hydrogens is 735 g/mol. The number of hydrogen-bond donors (Lipinski definition) is 0. The number of ether oxygens (including phenoxy) is 2. The van der Waals surface area contributed by atoms with Crippen molar-refractivity contribution >= 4 is 20.3 Å². The van der Waals surface area contributed by atoms with E-state index in [0.29, 0.717) is 0 Å². The number of nitrogens with zero attached hydrogens (tertiary/aromatic N) is 1. The van der Waals surface area contributed by atoms with Crippen LogP contribution in [0.2, 0.25) is 18.1 Å². The molecule has 0 bridgehead atoms. The SMILES string of the molecule is CCCCCCCC(CCCCCCC)C(=O)O[C@@H]1CC2(CCN(CCCCO[Si](C)(C)C(C)(C)C)CC2)C[C@H]1OC(=O)C(CCCCCCC)CCCCCCC. The summed E-state index contributed by atoms with van der Waals surface area (Å²) < 4.78 is 19.7. The summed E-state index contributed by atoms with van der Waals surface area (Å²) in [5, 5.41) is 0.251. The highest BCUT2D eigenvalue weighted by atomic mass is 28.4. The molecule has 58 heavy (non-hydrogen) atoms. The first kappa shape index (κ1) is 53.2. The predicted octanol–water partition coefficient (Wildman–Crippen LogP) is 15.2. The Morgan fingerprint density at radius 3 is 1.28 bits per heavy atom. The maximum absolute atomic E-state index is 14.2. The van der Waals surface area contributed by atoms with Gasteiger partial charge in [0, 0.05) is 6.61 Å². The van der Waals surface area contributed by atoms with E-state index in [-0.39, 0.29) is 46.4 Å². The largest absolute Gasteiger partial charge is 0.458 e. The van der Waals surface area contributed by atoms with Gasteiger partial charge in [0.1, 0.15) is 12.2 Å². The molecule has 1 saturated carbocycles. The molecule has 1 heterocycles. The Kier molecular flexibility index (Phi) is 27.7. The first-order chi connectivity index (χ1) is 27.8. The van der Waals surface area contributed by atoms with Gasteiger partial charge in [-0.3, -0.25) is 9.59 Å². The second kappa shape index (κ2) is 30.2. The third kappa shape index (κ3) is 21.2. The second-order valence-electron chi connectivity index (χ2n) is 20.7. The topological polar surface area (TPSA) is 65.1 Å². The molecule has 2 atom stereocenters. The zero-order valence-corrected chi connectivity index (χ0v) is 41.3. The van der Waals surface area contributed by atoms with Crippen LogP contribution >= 0.6 is 0 Å². The van der Waals surface area contributed by atoms with Crippen LogP contribution in [0.15, 0.2) is 0 Å². The van der Waals surface area contributed by atoms with Crippen molar-refractivity contribution in [2.24, 2.45) is 17.3 Å². The number of unbranched alkanes of at least 4 members (excludes halogenated alkanes) is 17. The van der Waals surface area contributed by atoms with Crippen LogP contribution in [0.1, 0.15) is 241 Å². The van der Waals surface area contributed by atoms with Crippen molar-refractivity contribution in [3.05, 3.63) is 0 Å². The average molecular weight is 834 g/mol. The van der Waals surface area contributed by atoms with Crippen molar-refractivity contribution in [3.8, 4) is 0 Å². The molecule has 0 unspecified atom stereocenters. The molecule has 0 aromatic heterocycles. The van der Waals surface area contributed by atoms with Gasteiger partial charge in [-0.15, -0.1) is 0 Å². The number of carbonyl (C=O) groups is 2. The molecule has 2 fully saturated rings. The van der Waals surface area contributed by atoms with E-state index in [0.717, 1.165) is 110 Å². The molecule has 7 heteroatoms. The second-order valence-corrected chi connectivity index (χ2v) is 25.5.